The van der Waals surface area contributed by atoms with Gasteiger partial charge < -0.3 is 14.4 Å². The van der Waals surface area contributed by atoms with Crippen molar-refractivity contribution < 1.29 is 14.3 Å². The maximum atomic E-state index is 12.9. The smallest absolute Gasteiger partial charge is 0.253 e. The fourth-order valence-corrected chi connectivity index (χ4v) is 3.05. The Bertz CT molecular complexity index is 938. The lowest BCUT2D eigenvalue weighted by atomic mass is 10.1. The lowest BCUT2D eigenvalue weighted by Crippen LogP contribution is -2.26. The van der Waals surface area contributed by atoms with Crippen molar-refractivity contribution in [2.24, 2.45) is 0 Å². The number of nitrogens with zero attached hydrogens (tertiary/aromatic N) is 1. The highest BCUT2D eigenvalue weighted by atomic mass is 16.5. The van der Waals surface area contributed by atoms with Crippen molar-refractivity contribution in [3.05, 3.63) is 95.1 Å². The summed E-state index contributed by atoms with van der Waals surface area (Å²) in [5.41, 5.74) is 3.61. The highest BCUT2D eigenvalue weighted by Crippen LogP contribution is 2.24. The maximum absolute atomic E-state index is 12.9. The van der Waals surface area contributed by atoms with E-state index in [0.29, 0.717) is 24.5 Å². The van der Waals surface area contributed by atoms with Crippen LogP contribution >= 0.6 is 0 Å². The van der Waals surface area contributed by atoms with Crippen LogP contribution in [0.25, 0.3) is 0 Å². The van der Waals surface area contributed by atoms with Gasteiger partial charge in [0, 0.05) is 24.7 Å². The molecule has 0 heterocycles. The van der Waals surface area contributed by atoms with Gasteiger partial charge in [-0.1, -0.05) is 48.5 Å². The molecule has 0 aromatic heterocycles. The van der Waals surface area contributed by atoms with E-state index in [1.807, 2.05) is 80.7 Å². The highest BCUT2D eigenvalue weighted by Gasteiger charge is 2.15. The molecule has 0 atom stereocenters. The minimum atomic E-state index is -0.0383. The standard InChI is InChI=1S/C24H25NO3/c1-18-9-7-8-12-22(18)28-17-21-15-20(13-14-23(21)27-3)24(26)25(2)16-19-10-5-4-6-11-19/h4-15H,16-17H2,1-3H3. The number of hydrogen-bond acceptors (Lipinski definition) is 3. The van der Waals surface area contributed by atoms with Gasteiger partial charge in [0.2, 0.25) is 0 Å². The number of rotatable bonds is 7. The Morgan fingerprint density at radius 1 is 0.929 bits per heavy atom. The van der Waals surface area contributed by atoms with Gasteiger partial charge in [0.1, 0.15) is 18.1 Å². The molecule has 0 aliphatic rings. The number of ether oxygens (including phenoxy) is 2. The van der Waals surface area contributed by atoms with Crippen molar-refractivity contribution in [3.8, 4) is 11.5 Å². The van der Waals surface area contributed by atoms with Gasteiger partial charge in [-0.3, -0.25) is 4.79 Å². The normalized spacial score (nSPS) is 10.4. The van der Waals surface area contributed by atoms with Crippen LogP contribution in [-0.4, -0.2) is 25.0 Å². The third-order valence-electron chi connectivity index (χ3n) is 4.61. The molecular formula is C24H25NO3. The summed E-state index contributed by atoms with van der Waals surface area (Å²) in [5, 5.41) is 0. The molecule has 0 aliphatic heterocycles. The zero-order chi connectivity index (χ0) is 19.9. The van der Waals surface area contributed by atoms with E-state index in [4.69, 9.17) is 9.47 Å². The van der Waals surface area contributed by atoms with E-state index in [0.717, 1.165) is 22.4 Å². The number of amides is 1. The lowest BCUT2D eigenvalue weighted by Gasteiger charge is -2.19. The predicted molar refractivity (Wildman–Crippen MR) is 111 cm³/mol. The van der Waals surface area contributed by atoms with E-state index >= 15 is 0 Å². The first-order chi connectivity index (χ1) is 13.6. The number of hydrogen-bond donors (Lipinski definition) is 0. The third-order valence-corrected chi connectivity index (χ3v) is 4.61. The third kappa shape index (κ3) is 4.71. The summed E-state index contributed by atoms with van der Waals surface area (Å²) in [7, 11) is 3.43. The molecule has 0 saturated carbocycles. The molecule has 28 heavy (non-hydrogen) atoms. The molecule has 3 rings (SSSR count). The van der Waals surface area contributed by atoms with Crippen LogP contribution < -0.4 is 9.47 Å². The molecule has 3 aromatic rings. The van der Waals surface area contributed by atoms with Crippen molar-refractivity contribution >= 4 is 5.91 Å². The molecular weight excluding hydrogens is 350 g/mol. The van der Waals surface area contributed by atoms with Crippen LogP contribution in [0.2, 0.25) is 0 Å². The van der Waals surface area contributed by atoms with Gasteiger partial charge in [0.05, 0.1) is 7.11 Å². The summed E-state index contributed by atoms with van der Waals surface area (Å²) in [6, 6.07) is 23.3. The second-order valence-electron chi connectivity index (χ2n) is 6.73. The van der Waals surface area contributed by atoms with Gasteiger partial charge in [0.15, 0.2) is 0 Å². The summed E-state index contributed by atoms with van der Waals surface area (Å²) in [4.78, 5) is 14.6. The summed E-state index contributed by atoms with van der Waals surface area (Å²) in [6.45, 7) is 2.89. The fourth-order valence-electron chi connectivity index (χ4n) is 3.05. The molecule has 0 bridgehead atoms. The van der Waals surface area contributed by atoms with Crippen molar-refractivity contribution in [3.63, 3.8) is 0 Å². The van der Waals surface area contributed by atoms with Crippen molar-refractivity contribution in [2.75, 3.05) is 14.2 Å². The molecule has 3 aromatic carbocycles. The first-order valence-electron chi connectivity index (χ1n) is 9.23. The van der Waals surface area contributed by atoms with Crippen LogP contribution in [0.1, 0.15) is 27.0 Å². The van der Waals surface area contributed by atoms with E-state index in [9.17, 15) is 4.79 Å². The van der Waals surface area contributed by atoms with Gasteiger partial charge >= 0.3 is 0 Å². The number of carbonyl (C=O) groups excluding carboxylic acids is 1. The number of aryl methyl sites for hydroxylation is 1. The summed E-state index contributed by atoms with van der Waals surface area (Å²) in [6.07, 6.45) is 0. The van der Waals surface area contributed by atoms with Gasteiger partial charge in [0.25, 0.3) is 5.91 Å². The van der Waals surface area contributed by atoms with Crippen LogP contribution in [0.4, 0.5) is 0 Å². The monoisotopic (exact) mass is 375 g/mol. The lowest BCUT2D eigenvalue weighted by molar-refractivity contribution is 0.0785. The average molecular weight is 375 g/mol. The Labute approximate surface area is 166 Å². The average Bonchev–Trinajstić information content (AvgIpc) is 2.73. The van der Waals surface area contributed by atoms with E-state index in [2.05, 4.69) is 0 Å². The molecule has 0 fully saturated rings. The van der Waals surface area contributed by atoms with E-state index in [1.54, 1.807) is 18.1 Å². The predicted octanol–water partition coefficient (Wildman–Crippen LogP) is 4.85. The fraction of sp³-hybridized carbons (Fsp3) is 0.208. The molecule has 0 saturated heterocycles. The highest BCUT2D eigenvalue weighted by molar-refractivity contribution is 5.94. The summed E-state index contributed by atoms with van der Waals surface area (Å²) in [5.74, 6) is 1.49. The quantitative estimate of drug-likeness (QED) is 0.592. The number of benzene rings is 3. The molecule has 1 amide bonds. The molecule has 0 radical (unpaired) electrons. The van der Waals surface area contributed by atoms with Gasteiger partial charge in [-0.15, -0.1) is 0 Å². The molecule has 4 heteroatoms. The first-order valence-corrected chi connectivity index (χ1v) is 9.23. The van der Waals surface area contributed by atoms with Gasteiger partial charge in [-0.2, -0.15) is 0 Å². The van der Waals surface area contributed by atoms with Crippen molar-refractivity contribution in [1.82, 2.24) is 4.90 Å². The van der Waals surface area contributed by atoms with E-state index in [-0.39, 0.29) is 5.91 Å². The number of carbonyl (C=O) groups is 1. The van der Waals surface area contributed by atoms with Crippen LogP contribution in [-0.2, 0) is 13.2 Å². The minimum absolute atomic E-state index is 0.0383. The Hall–Kier alpha value is -3.27. The molecule has 144 valence electrons. The van der Waals surface area contributed by atoms with Crippen LogP contribution in [0.3, 0.4) is 0 Å². The van der Waals surface area contributed by atoms with Crippen LogP contribution in [0.5, 0.6) is 11.5 Å². The topological polar surface area (TPSA) is 38.8 Å². The van der Waals surface area contributed by atoms with Gasteiger partial charge in [-0.05, 0) is 42.3 Å². The summed E-state index contributed by atoms with van der Waals surface area (Å²) >= 11 is 0. The van der Waals surface area contributed by atoms with E-state index < -0.39 is 0 Å². The molecule has 4 nitrogen and oxygen atoms in total. The first kappa shape index (κ1) is 19.5. The Balaban J connectivity index is 1.76. The molecule has 0 spiro atoms. The molecule has 0 aliphatic carbocycles. The zero-order valence-corrected chi connectivity index (χ0v) is 16.5. The Kier molecular flexibility index (Phi) is 6.33. The summed E-state index contributed by atoms with van der Waals surface area (Å²) < 4.78 is 11.4. The second kappa shape index (κ2) is 9.09. The Morgan fingerprint density at radius 2 is 1.64 bits per heavy atom. The second-order valence-corrected chi connectivity index (χ2v) is 6.73. The number of para-hydroxylation sites is 1. The van der Waals surface area contributed by atoms with Crippen molar-refractivity contribution in [1.29, 1.82) is 0 Å². The number of methoxy groups -OCH3 is 1. The Morgan fingerprint density at radius 3 is 2.36 bits per heavy atom. The molecule has 0 N–H and O–H groups in total. The van der Waals surface area contributed by atoms with Crippen molar-refractivity contribution in [2.45, 2.75) is 20.1 Å². The van der Waals surface area contributed by atoms with Gasteiger partial charge in [-0.25, -0.2) is 0 Å². The van der Waals surface area contributed by atoms with Crippen LogP contribution in [0.15, 0.2) is 72.8 Å². The maximum Gasteiger partial charge on any atom is 0.253 e. The largest absolute Gasteiger partial charge is 0.496 e. The van der Waals surface area contributed by atoms with E-state index in [1.165, 1.54) is 0 Å². The zero-order valence-electron chi connectivity index (χ0n) is 16.5. The minimum Gasteiger partial charge on any atom is -0.496 e. The SMILES string of the molecule is COc1ccc(C(=O)N(C)Cc2ccccc2)cc1COc1ccccc1C. The molecule has 0 unspecified atom stereocenters. The van der Waals surface area contributed by atoms with Crippen LogP contribution in [0, 0.1) is 6.92 Å².